The maximum absolute atomic E-state index is 12.8. The molecule has 0 bridgehead atoms. The summed E-state index contributed by atoms with van der Waals surface area (Å²) in [4.78, 5) is 14.8. The number of fused-ring (bicyclic) bond motifs is 1. The summed E-state index contributed by atoms with van der Waals surface area (Å²) in [5.74, 6) is 0.196. The highest BCUT2D eigenvalue weighted by atomic mass is 79.9. The Bertz CT molecular complexity index is 595. The van der Waals surface area contributed by atoms with Crippen LogP contribution in [0.2, 0.25) is 0 Å². The molecule has 0 aliphatic carbocycles. The fraction of sp³-hybridized carbons (Fsp3) is 0.400. The molecule has 1 unspecified atom stereocenters. The smallest absolute Gasteiger partial charge is 0.255 e. The van der Waals surface area contributed by atoms with Crippen LogP contribution in [0.5, 0.6) is 0 Å². The number of nitrogens with zero attached hydrogens (tertiary/aromatic N) is 1. The van der Waals surface area contributed by atoms with Crippen molar-refractivity contribution in [3.63, 3.8) is 0 Å². The van der Waals surface area contributed by atoms with Crippen molar-refractivity contribution < 1.29 is 4.79 Å². The van der Waals surface area contributed by atoms with Gasteiger partial charge in [0.25, 0.3) is 5.91 Å². The number of carbonyl (C=O) groups excluding carboxylic acids is 1. The minimum absolute atomic E-state index is 0.196. The van der Waals surface area contributed by atoms with E-state index in [2.05, 4.69) is 22.0 Å². The third kappa shape index (κ3) is 2.43. The normalized spacial score (nSPS) is 19.8. The van der Waals surface area contributed by atoms with E-state index in [1.165, 1.54) is 11.1 Å². The standard InChI is InChI=1S/C15H16BrNOS/c16-9-11-5-3-4-8-17(11)15(18)13-10-19-14-7-2-1-6-12(13)14/h1-2,6-7,10-11H,3-5,8-9H2. The van der Waals surface area contributed by atoms with Crippen molar-refractivity contribution in [1.29, 1.82) is 0 Å². The van der Waals surface area contributed by atoms with Crippen molar-refractivity contribution in [2.24, 2.45) is 0 Å². The summed E-state index contributed by atoms with van der Waals surface area (Å²) < 4.78 is 1.19. The van der Waals surface area contributed by atoms with Crippen LogP contribution >= 0.6 is 27.3 Å². The lowest BCUT2D eigenvalue weighted by atomic mass is 10.0. The molecule has 4 heteroatoms. The van der Waals surface area contributed by atoms with Crippen LogP contribution in [-0.4, -0.2) is 28.7 Å². The number of likely N-dealkylation sites (tertiary alicyclic amines) is 1. The second kappa shape index (κ2) is 5.63. The topological polar surface area (TPSA) is 20.3 Å². The number of hydrogen-bond acceptors (Lipinski definition) is 2. The van der Waals surface area contributed by atoms with E-state index in [9.17, 15) is 4.79 Å². The molecule has 100 valence electrons. The Kier molecular flexibility index (Phi) is 3.89. The van der Waals surface area contributed by atoms with E-state index in [0.717, 1.165) is 35.7 Å². The van der Waals surface area contributed by atoms with Crippen molar-refractivity contribution in [2.75, 3.05) is 11.9 Å². The summed E-state index contributed by atoms with van der Waals surface area (Å²) in [5, 5.41) is 3.98. The highest BCUT2D eigenvalue weighted by Gasteiger charge is 2.27. The maximum atomic E-state index is 12.8. The average molecular weight is 338 g/mol. The quantitative estimate of drug-likeness (QED) is 0.748. The van der Waals surface area contributed by atoms with E-state index in [1.54, 1.807) is 11.3 Å². The van der Waals surface area contributed by atoms with Crippen molar-refractivity contribution in [2.45, 2.75) is 25.3 Å². The first-order chi connectivity index (χ1) is 9.31. The van der Waals surface area contributed by atoms with Gasteiger partial charge in [0, 0.05) is 33.4 Å². The zero-order valence-corrected chi connectivity index (χ0v) is 13.0. The molecule has 3 rings (SSSR count). The fourth-order valence-electron chi connectivity index (χ4n) is 2.73. The molecule has 19 heavy (non-hydrogen) atoms. The number of hydrogen-bond donors (Lipinski definition) is 0. The fourth-order valence-corrected chi connectivity index (χ4v) is 4.33. The minimum atomic E-state index is 0.196. The van der Waals surface area contributed by atoms with Gasteiger partial charge < -0.3 is 4.90 Å². The summed E-state index contributed by atoms with van der Waals surface area (Å²) in [6, 6.07) is 8.50. The third-order valence-corrected chi connectivity index (χ3v) is 5.49. The number of piperidine rings is 1. The van der Waals surface area contributed by atoms with Crippen LogP contribution in [0.25, 0.3) is 10.1 Å². The Labute approximate surface area is 125 Å². The molecule has 0 spiro atoms. The van der Waals surface area contributed by atoms with E-state index < -0.39 is 0 Å². The van der Waals surface area contributed by atoms with E-state index in [0.29, 0.717) is 6.04 Å². The van der Waals surface area contributed by atoms with Gasteiger partial charge in [-0.2, -0.15) is 0 Å². The number of carbonyl (C=O) groups is 1. The van der Waals surface area contributed by atoms with Gasteiger partial charge in [-0.25, -0.2) is 0 Å². The van der Waals surface area contributed by atoms with Crippen LogP contribution in [0.15, 0.2) is 29.6 Å². The first kappa shape index (κ1) is 13.1. The van der Waals surface area contributed by atoms with Crippen LogP contribution in [-0.2, 0) is 0 Å². The molecule has 1 aromatic heterocycles. The molecule has 1 amide bonds. The first-order valence-corrected chi connectivity index (χ1v) is 8.64. The van der Waals surface area contributed by atoms with E-state index in [4.69, 9.17) is 0 Å². The average Bonchev–Trinajstić information content (AvgIpc) is 2.90. The van der Waals surface area contributed by atoms with Crippen LogP contribution in [0, 0.1) is 0 Å². The Morgan fingerprint density at radius 3 is 3.05 bits per heavy atom. The lowest BCUT2D eigenvalue weighted by molar-refractivity contribution is 0.0644. The second-order valence-corrected chi connectivity index (χ2v) is 6.51. The zero-order chi connectivity index (χ0) is 13.2. The molecule has 2 nitrogen and oxygen atoms in total. The largest absolute Gasteiger partial charge is 0.335 e. The number of amides is 1. The molecule has 1 fully saturated rings. The minimum Gasteiger partial charge on any atom is -0.335 e. The lowest BCUT2D eigenvalue weighted by Gasteiger charge is -2.34. The molecule has 1 saturated heterocycles. The van der Waals surface area contributed by atoms with Gasteiger partial charge in [-0.05, 0) is 25.3 Å². The van der Waals surface area contributed by atoms with E-state index in [1.807, 2.05) is 28.5 Å². The SMILES string of the molecule is O=C(c1csc2ccccc12)N1CCCCC1CBr. The molecular weight excluding hydrogens is 322 g/mol. The Morgan fingerprint density at radius 1 is 1.37 bits per heavy atom. The number of alkyl halides is 1. The first-order valence-electron chi connectivity index (χ1n) is 6.64. The van der Waals surface area contributed by atoms with Gasteiger partial charge in [0.15, 0.2) is 0 Å². The Morgan fingerprint density at radius 2 is 2.21 bits per heavy atom. The molecular formula is C15H16BrNOS. The predicted molar refractivity (Wildman–Crippen MR) is 84.3 cm³/mol. The Hall–Kier alpha value is -0.870. The highest BCUT2D eigenvalue weighted by molar-refractivity contribution is 9.09. The van der Waals surface area contributed by atoms with Gasteiger partial charge in [-0.3, -0.25) is 4.79 Å². The van der Waals surface area contributed by atoms with Crippen molar-refractivity contribution in [3.8, 4) is 0 Å². The summed E-state index contributed by atoms with van der Waals surface area (Å²) in [6.45, 7) is 0.888. The van der Waals surface area contributed by atoms with Crippen molar-refractivity contribution in [1.82, 2.24) is 4.90 Å². The number of thiophene rings is 1. The monoisotopic (exact) mass is 337 g/mol. The summed E-state index contributed by atoms with van der Waals surface area (Å²) >= 11 is 5.20. The van der Waals surface area contributed by atoms with Gasteiger partial charge >= 0.3 is 0 Å². The van der Waals surface area contributed by atoms with Crippen LogP contribution in [0.3, 0.4) is 0 Å². The second-order valence-electron chi connectivity index (χ2n) is 4.95. The molecule has 0 radical (unpaired) electrons. The molecule has 0 saturated carbocycles. The molecule has 0 N–H and O–H groups in total. The van der Waals surface area contributed by atoms with E-state index in [-0.39, 0.29) is 5.91 Å². The van der Waals surface area contributed by atoms with Gasteiger partial charge in [-0.15, -0.1) is 11.3 Å². The van der Waals surface area contributed by atoms with E-state index >= 15 is 0 Å². The summed E-state index contributed by atoms with van der Waals surface area (Å²) in [6.07, 6.45) is 3.46. The zero-order valence-electron chi connectivity index (χ0n) is 10.6. The Balaban J connectivity index is 1.94. The number of halogens is 1. The lowest BCUT2D eigenvalue weighted by Crippen LogP contribution is -2.44. The van der Waals surface area contributed by atoms with Crippen LogP contribution in [0.1, 0.15) is 29.6 Å². The van der Waals surface area contributed by atoms with Gasteiger partial charge in [0.05, 0.1) is 5.56 Å². The molecule has 2 heterocycles. The number of benzene rings is 1. The molecule has 1 aliphatic heterocycles. The van der Waals surface area contributed by atoms with Gasteiger partial charge in [0.1, 0.15) is 0 Å². The maximum Gasteiger partial charge on any atom is 0.255 e. The third-order valence-electron chi connectivity index (χ3n) is 3.78. The van der Waals surface area contributed by atoms with Crippen molar-refractivity contribution in [3.05, 3.63) is 35.2 Å². The van der Waals surface area contributed by atoms with Gasteiger partial charge in [-0.1, -0.05) is 34.1 Å². The summed E-state index contributed by atoms with van der Waals surface area (Å²) in [7, 11) is 0. The molecule has 1 atom stereocenters. The van der Waals surface area contributed by atoms with Crippen LogP contribution < -0.4 is 0 Å². The van der Waals surface area contributed by atoms with Crippen LogP contribution in [0.4, 0.5) is 0 Å². The number of rotatable bonds is 2. The van der Waals surface area contributed by atoms with Crippen molar-refractivity contribution >= 4 is 43.3 Å². The molecule has 1 aliphatic rings. The summed E-state index contributed by atoms with van der Waals surface area (Å²) in [5.41, 5.74) is 0.869. The molecule has 1 aromatic carbocycles. The highest BCUT2D eigenvalue weighted by Crippen LogP contribution is 2.29. The van der Waals surface area contributed by atoms with Gasteiger partial charge in [0.2, 0.25) is 0 Å². The predicted octanol–water partition coefficient (Wildman–Crippen LogP) is 4.29. The molecule has 2 aromatic rings.